The molecule has 1 aromatic rings. The first-order valence-electron chi connectivity index (χ1n) is 7.02. The molecular weight excluding hydrogens is 284 g/mol. The van der Waals surface area contributed by atoms with E-state index >= 15 is 0 Å². The van der Waals surface area contributed by atoms with Crippen LogP contribution in [-0.2, 0) is 11.3 Å². The Morgan fingerprint density at radius 3 is 2.52 bits per heavy atom. The second-order valence-electron chi connectivity index (χ2n) is 6.20. The molecule has 0 unspecified atom stereocenters. The van der Waals surface area contributed by atoms with Gasteiger partial charge in [-0.15, -0.1) is 11.8 Å². The minimum atomic E-state index is 0.0950. The van der Waals surface area contributed by atoms with Crippen molar-refractivity contribution in [1.82, 2.24) is 9.88 Å². The van der Waals surface area contributed by atoms with Crippen molar-refractivity contribution in [2.75, 3.05) is 19.9 Å². The van der Waals surface area contributed by atoms with Crippen LogP contribution in [0.1, 0.15) is 37.6 Å². The van der Waals surface area contributed by atoms with E-state index in [0.29, 0.717) is 12.3 Å². The predicted octanol–water partition coefficient (Wildman–Crippen LogP) is 3.20. The first-order chi connectivity index (χ1) is 9.65. The normalized spacial score (nSPS) is 11.4. The molecule has 0 radical (unpaired) electrons. The van der Waals surface area contributed by atoms with E-state index in [1.807, 2.05) is 20.9 Å². The Balaban J connectivity index is 2.75. The number of aryl methyl sites for hydroxylation is 1. The molecule has 0 N–H and O–H groups in total. The summed E-state index contributed by atoms with van der Waals surface area (Å²) < 4.78 is 5.50. The lowest BCUT2D eigenvalue weighted by Crippen LogP contribution is -2.30. The number of pyridine rings is 1. The Labute approximate surface area is 132 Å². The van der Waals surface area contributed by atoms with Gasteiger partial charge in [0.15, 0.2) is 0 Å². The van der Waals surface area contributed by atoms with Crippen molar-refractivity contribution in [1.29, 1.82) is 0 Å². The molecule has 0 fully saturated rings. The van der Waals surface area contributed by atoms with Crippen molar-refractivity contribution in [2.45, 2.75) is 45.9 Å². The molecule has 21 heavy (non-hydrogen) atoms. The van der Waals surface area contributed by atoms with Crippen LogP contribution in [0.15, 0.2) is 6.20 Å². The molecule has 1 aromatic heterocycles. The molecule has 118 valence electrons. The van der Waals surface area contributed by atoms with Gasteiger partial charge in [-0.25, -0.2) is 0 Å². The number of methoxy groups -OCH3 is 1. The number of thioether (sulfide) groups is 1. The fraction of sp³-hybridized carbons (Fsp3) is 0.625. The molecule has 0 bridgehead atoms. The summed E-state index contributed by atoms with van der Waals surface area (Å²) >= 11 is 1.66. The first-order valence-corrected chi connectivity index (χ1v) is 8.01. The van der Waals surface area contributed by atoms with Crippen molar-refractivity contribution < 1.29 is 9.53 Å². The summed E-state index contributed by atoms with van der Waals surface area (Å²) in [6, 6.07) is 0. The maximum absolute atomic E-state index is 12.2. The summed E-state index contributed by atoms with van der Waals surface area (Å²) in [7, 11) is 3.48. The smallest absolute Gasteiger partial charge is 0.232 e. The molecule has 1 rings (SSSR count). The van der Waals surface area contributed by atoms with Crippen molar-refractivity contribution in [3.8, 4) is 5.75 Å². The van der Waals surface area contributed by atoms with Crippen molar-refractivity contribution in [3.63, 3.8) is 0 Å². The number of nitrogens with zero attached hydrogens (tertiary/aromatic N) is 2. The lowest BCUT2D eigenvalue weighted by Gasteiger charge is -2.22. The number of ether oxygens (including phenoxy) is 1. The molecule has 0 aliphatic rings. The summed E-state index contributed by atoms with van der Waals surface area (Å²) in [6.07, 6.45) is 1.80. The quantitative estimate of drug-likeness (QED) is 0.837. The van der Waals surface area contributed by atoms with Crippen LogP contribution in [-0.4, -0.2) is 40.4 Å². The molecular formula is C16H26N2O2S. The van der Waals surface area contributed by atoms with Gasteiger partial charge in [-0.05, 0) is 13.8 Å². The molecule has 0 atom stereocenters. The van der Waals surface area contributed by atoms with Crippen molar-refractivity contribution in [2.24, 2.45) is 0 Å². The number of hydrogen-bond donors (Lipinski definition) is 0. The van der Waals surface area contributed by atoms with Gasteiger partial charge in [-0.3, -0.25) is 9.78 Å². The SMILES string of the molecule is COc1c(C)cnc(CN(C)C(=O)CSC(C)(C)C)c1C. The van der Waals surface area contributed by atoms with Gasteiger partial charge >= 0.3 is 0 Å². The Bertz CT molecular complexity index is 510. The van der Waals surface area contributed by atoms with Gasteiger partial charge in [-0.2, -0.15) is 0 Å². The molecule has 0 saturated heterocycles. The fourth-order valence-electron chi connectivity index (χ4n) is 1.93. The van der Waals surface area contributed by atoms with Gasteiger partial charge in [0.1, 0.15) is 5.75 Å². The molecule has 1 heterocycles. The average Bonchev–Trinajstić information content (AvgIpc) is 2.39. The highest BCUT2D eigenvalue weighted by molar-refractivity contribution is 8.01. The largest absolute Gasteiger partial charge is 0.496 e. The zero-order valence-electron chi connectivity index (χ0n) is 14.1. The fourth-order valence-corrected chi connectivity index (χ4v) is 2.71. The second kappa shape index (κ2) is 7.16. The summed E-state index contributed by atoms with van der Waals surface area (Å²) in [5, 5.41) is 0. The highest BCUT2D eigenvalue weighted by Gasteiger charge is 2.18. The van der Waals surface area contributed by atoms with Crippen LogP contribution < -0.4 is 4.74 Å². The third-order valence-electron chi connectivity index (χ3n) is 3.19. The maximum Gasteiger partial charge on any atom is 0.232 e. The Morgan fingerprint density at radius 1 is 1.38 bits per heavy atom. The van der Waals surface area contributed by atoms with Crippen LogP contribution in [0, 0.1) is 13.8 Å². The standard InChI is InChI=1S/C16H26N2O2S/c1-11-8-17-13(12(2)15(11)20-7)9-18(6)14(19)10-21-16(3,4)5/h8H,9-10H2,1-7H3. The number of carbonyl (C=O) groups is 1. The van der Waals surface area contributed by atoms with Gasteiger partial charge < -0.3 is 9.64 Å². The molecule has 0 spiro atoms. The van der Waals surface area contributed by atoms with Gasteiger partial charge in [-0.1, -0.05) is 20.8 Å². The van der Waals surface area contributed by atoms with Crippen molar-refractivity contribution >= 4 is 17.7 Å². The summed E-state index contributed by atoms with van der Waals surface area (Å²) in [4.78, 5) is 18.3. The summed E-state index contributed by atoms with van der Waals surface area (Å²) in [5.74, 6) is 1.46. The number of aromatic nitrogens is 1. The van der Waals surface area contributed by atoms with Crippen LogP contribution in [0.3, 0.4) is 0 Å². The van der Waals surface area contributed by atoms with E-state index < -0.39 is 0 Å². The third kappa shape index (κ3) is 5.23. The zero-order chi connectivity index (χ0) is 16.2. The highest BCUT2D eigenvalue weighted by Crippen LogP contribution is 2.26. The van der Waals surface area contributed by atoms with Crippen LogP contribution >= 0.6 is 11.8 Å². The third-order valence-corrected chi connectivity index (χ3v) is 4.45. The minimum Gasteiger partial charge on any atom is -0.496 e. The van der Waals surface area contributed by atoms with Crippen molar-refractivity contribution in [3.05, 3.63) is 23.0 Å². The molecule has 0 aromatic carbocycles. The molecule has 0 aliphatic carbocycles. The highest BCUT2D eigenvalue weighted by atomic mass is 32.2. The number of amides is 1. The van der Waals surface area contributed by atoms with Gasteiger partial charge in [0.2, 0.25) is 5.91 Å². The van der Waals surface area contributed by atoms with E-state index in [4.69, 9.17) is 4.74 Å². The lowest BCUT2D eigenvalue weighted by molar-refractivity contribution is -0.127. The zero-order valence-corrected chi connectivity index (χ0v) is 14.9. The second-order valence-corrected chi connectivity index (χ2v) is 8.00. The van der Waals surface area contributed by atoms with E-state index in [1.165, 1.54) is 0 Å². The Morgan fingerprint density at radius 2 is 2.00 bits per heavy atom. The summed E-state index contributed by atoms with van der Waals surface area (Å²) in [6.45, 7) is 10.8. The van der Waals surface area contributed by atoms with E-state index in [-0.39, 0.29) is 10.7 Å². The molecule has 0 saturated carbocycles. The Hall–Kier alpha value is -1.23. The van der Waals surface area contributed by atoms with E-state index in [0.717, 1.165) is 22.6 Å². The van der Waals surface area contributed by atoms with Crippen LogP contribution in [0.5, 0.6) is 5.75 Å². The number of carbonyl (C=O) groups excluding carboxylic acids is 1. The molecule has 4 nitrogen and oxygen atoms in total. The van der Waals surface area contributed by atoms with E-state index in [9.17, 15) is 4.79 Å². The van der Waals surface area contributed by atoms with Crippen LogP contribution in [0.2, 0.25) is 0 Å². The molecule has 5 heteroatoms. The average molecular weight is 310 g/mol. The monoisotopic (exact) mass is 310 g/mol. The van der Waals surface area contributed by atoms with Gasteiger partial charge in [0.25, 0.3) is 0 Å². The van der Waals surface area contributed by atoms with Gasteiger partial charge in [0, 0.05) is 29.1 Å². The number of hydrogen-bond acceptors (Lipinski definition) is 4. The summed E-state index contributed by atoms with van der Waals surface area (Å²) in [5.41, 5.74) is 2.89. The maximum atomic E-state index is 12.2. The van der Waals surface area contributed by atoms with Crippen LogP contribution in [0.4, 0.5) is 0 Å². The topological polar surface area (TPSA) is 42.4 Å². The minimum absolute atomic E-state index is 0.0950. The van der Waals surface area contributed by atoms with Gasteiger partial charge in [0.05, 0.1) is 25.1 Å². The van der Waals surface area contributed by atoms with Crippen LogP contribution in [0.25, 0.3) is 0 Å². The number of rotatable bonds is 5. The molecule has 0 aliphatic heterocycles. The van der Waals surface area contributed by atoms with E-state index in [1.54, 1.807) is 30.0 Å². The predicted molar refractivity (Wildman–Crippen MR) is 88.9 cm³/mol. The molecule has 1 amide bonds. The lowest BCUT2D eigenvalue weighted by atomic mass is 10.1. The Kier molecular flexibility index (Phi) is 6.08. The van der Waals surface area contributed by atoms with E-state index in [2.05, 4.69) is 25.8 Å². The first kappa shape index (κ1) is 17.8.